The van der Waals surface area contributed by atoms with E-state index in [4.69, 9.17) is 0 Å². The molecule has 0 saturated carbocycles. The number of H-pyrrole nitrogens is 1. The van der Waals surface area contributed by atoms with Crippen molar-refractivity contribution in [2.24, 2.45) is 0 Å². The van der Waals surface area contributed by atoms with Crippen LogP contribution in [0.3, 0.4) is 0 Å². The quantitative estimate of drug-likeness (QED) is 0.756. The van der Waals surface area contributed by atoms with Gasteiger partial charge in [0.1, 0.15) is 5.82 Å². The second-order valence-corrected chi connectivity index (χ2v) is 4.45. The molecule has 7 heteroatoms. The van der Waals surface area contributed by atoms with Crippen molar-refractivity contribution in [2.75, 3.05) is 0 Å². The van der Waals surface area contributed by atoms with E-state index in [1.807, 2.05) is 0 Å². The summed E-state index contributed by atoms with van der Waals surface area (Å²) in [4.78, 5) is 23.5. The number of carbonyl (C=O) groups excluding carboxylic acids is 1. The van der Waals surface area contributed by atoms with Gasteiger partial charge in [0.05, 0.1) is 5.56 Å². The predicted molar refractivity (Wildman–Crippen MR) is 73.4 cm³/mol. The summed E-state index contributed by atoms with van der Waals surface area (Å²) in [6.45, 7) is 0.0732. The Hall–Kier alpha value is -2.96. The smallest absolute Gasteiger partial charge is 0.347 e. The second-order valence-electron chi connectivity index (χ2n) is 4.45. The minimum atomic E-state index is -0.422. The molecule has 1 aromatic carbocycles. The van der Waals surface area contributed by atoms with E-state index in [1.165, 1.54) is 16.7 Å². The van der Waals surface area contributed by atoms with Crippen LogP contribution in [0.5, 0.6) is 0 Å². The number of benzene rings is 1. The van der Waals surface area contributed by atoms with E-state index >= 15 is 0 Å². The maximum atomic E-state index is 13.5. The molecule has 1 amide bonds. The molecule has 106 valence electrons. The molecule has 0 fully saturated rings. The van der Waals surface area contributed by atoms with Crippen molar-refractivity contribution in [1.82, 2.24) is 19.9 Å². The predicted octanol–water partition coefficient (Wildman–Crippen LogP) is 1.09. The van der Waals surface area contributed by atoms with Gasteiger partial charge in [0.25, 0.3) is 5.91 Å². The first kappa shape index (κ1) is 13.0. The van der Waals surface area contributed by atoms with Crippen LogP contribution in [-0.4, -0.2) is 20.5 Å². The number of hydrogen-bond acceptors (Lipinski definition) is 3. The third-order valence-corrected chi connectivity index (χ3v) is 3.07. The van der Waals surface area contributed by atoms with Crippen LogP contribution < -0.4 is 11.0 Å². The molecule has 0 bridgehead atoms. The van der Waals surface area contributed by atoms with E-state index in [2.05, 4.69) is 15.5 Å². The fourth-order valence-electron chi connectivity index (χ4n) is 1.96. The molecule has 0 atom stereocenters. The molecule has 0 aliphatic carbocycles. The fraction of sp³-hybridized carbons (Fsp3) is 0.0714. The first-order valence-electron chi connectivity index (χ1n) is 6.23. The number of nitrogens with zero attached hydrogens (tertiary/aromatic N) is 2. The number of aromatic nitrogens is 3. The molecule has 0 radical (unpaired) electrons. The SMILES string of the molecule is O=C(NCc1ccccc1F)c1ccc2n[nH]c(=O)n2c1. The van der Waals surface area contributed by atoms with Gasteiger partial charge in [0.2, 0.25) is 0 Å². The minimum Gasteiger partial charge on any atom is -0.348 e. The Balaban J connectivity index is 1.79. The number of aromatic amines is 1. The molecule has 2 aromatic heterocycles. The molecule has 3 rings (SSSR count). The molecule has 0 unspecified atom stereocenters. The van der Waals surface area contributed by atoms with Crippen molar-refractivity contribution in [3.8, 4) is 0 Å². The summed E-state index contributed by atoms with van der Waals surface area (Å²) in [6.07, 6.45) is 1.39. The average Bonchev–Trinajstić information content (AvgIpc) is 2.87. The Morgan fingerprint density at radius 1 is 1.29 bits per heavy atom. The normalized spacial score (nSPS) is 10.7. The molecule has 3 aromatic rings. The molecule has 0 spiro atoms. The van der Waals surface area contributed by atoms with Crippen LogP contribution in [0.4, 0.5) is 4.39 Å². The van der Waals surface area contributed by atoms with E-state index in [0.29, 0.717) is 16.8 Å². The lowest BCUT2D eigenvalue weighted by Crippen LogP contribution is -2.24. The molecule has 21 heavy (non-hydrogen) atoms. The monoisotopic (exact) mass is 286 g/mol. The molecule has 2 N–H and O–H groups in total. The number of carbonyl (C=O) groups is 1. The van der Waals surface area contributed by atoms with Gasteiger partial charge in [-0.2, -0.15) is 5.10 Å². The number of rotatable bonds is 3. The zero-order valence-corrected chi connectivity index (χ0v) is 10.8. The molecule has 0 aliphatic heterocycles. The largest absolute Gasteiger partial charge is 0.348 e. The maximum Gasteiger partial charge on any atom is 0.347 e. The van der Waals surface area contributed by atoms with Crippen LogP contribution in [0, 0.1) is 5.82 Å². The zero-order chi connectivity index (χ0) is 14.8. The van der Waals surface area contributed by atoms with Crippen LogP contribution >= 0.6 is 0 Å². The fourth-order valence-corrected chi connectivity index (χ4v) is 1.96. The van der Waals surface area contributed by atoms with Crippen LogP contribution in [0.25, 0.3) is 5.65 Å². The molecular weight excluding hydrogens is 275 g/mol. The Labute approximate surface area is 118 Å². The first-order valence-corrected chi connectivity index (χ1v) is 6.23. The summed E-state index contributed by atoms with van der Waals surface area (Å²) in [5, 5.41) is 8.66. The van der Waals surface area contributed by atoms with Crippen LogP contribution in [-0.2, 0) is 6.54 Å². The van der Waals surface area contributed by atoms with E-state index < -0.39 is 11.6 Å². The highest BCUT2D eigenvalue weighted by atomic mass is 19.1. The summed E-state index contributed by atoms with van der Waals surface area (Å²) in [6, 6.07) is 9.31. The number of halogens is 1. The summed E-state index contributed by atoms with van der Waals surface area (Å²) in [5.74, 6) is -0.771. The van der Waals surface area contributed by atoms with Crippen molar-refractivity contribution in [3.05, 3.63) is 70.0 Å². The highest BCUT2D eigenvalue weighted by Gasteiger charge is 2.09. The molecular formula is C14H11FN4O2. The molecule has 0 aliphatic rings. The number of hydrogen-bond donors (Lipinski definition) is 2. The zero-order valence-electron chi connectivity index (χ0n) is 10.8. The Morgan fingerprint density at radius 3 is 2.90 bits per heavy atom. The summed E-state index contributed by atoms with van der Waals surface area (Å²) < 4.78 is 14.7. The van der Waals surface area contributed by atoms with Gasteiger partial charge in [0.15, 0.2) is 5.65 Å². The van der Waals surface area contributed by atoms with E-state index in [9.17, 15) is 14.0 Å². The summed E-state index contributed by atoms with van der Waals surface area (Å²) in [5.41, 5.74) is 0.689. The lowest BCUT2D eigenvalue weighted by atomic mass is 10.2. The minimum absolute atomic E-state index is 0.0732. The number of nitrogens with one attached hydrogen (secondary N) is 2. The van der Waals surface area contributed by atoms with Gasteiger partial charge in [-0.1, -0.05) is 18.2 Å². The maximum absolute atomic E-state index is 13.5. The van der Waals surface area contributed by atoms with Gasteiger partial charge < -0.3 is 5.32 Å². The van der Waals surface area contributed by atoms with Crippen molar-refractivity contribution >= 4 is 11.6 Å². The van der Waals surface area contributed by atoms with Crippen LogP contribution in [0.15, 0.2) is 47.4 Å². The lowest BCUT2D eigenvalue weighted by Gasteiger charge is -2.06. The highest BCUT2D eigenvalue weighted by Crippen LogP contribution is 2.07. The number of pyridine rings is 1. The van der Waals surface area contributed by atoms with Crippen molar-refractivity contribution in [2.45, 2.75) is 6.54 Å². The lowest BCUT2D eigenvalue weighted by molar-refractivity contribution is 0.0950. The summed E-state index contributed by atoms with van der Waals surface area (Å²) >= 11 is 0. The topological polar surface area (TPSA) is 79.3 Å². The van der Waals surface area contributed by atoms with E-state index in [-0.39, 0.29) is 12.4 Å². The molecule has 0 saturated heterocycles. The number of amides is 1. The Morgan fingerprint density at radius 2 is 2.10 bits per heavy atom. The van der Waals surface area contributed by atoms with E-state index in [0.717, 1.165) is 0 Å². The van der Waals surface area contributed by atoms with Crippen molar-refractivity contribution in [3.63, 3.8) is 0 Å². The van der Waals surface area contributed by atoms with Gasteiger partial charge in [-0.05, 0) is 18.2 Å². The van der Waals surface area contributed by atoms with Gasteiger partial charge in [0, 0.05) is 18.3 Å². The summed E-state index contributed by atoms with van der Waals surface area (Å²) in [7, 11) is 0. The van der Waals surface area contributed by atoms with Crippen LogP contribution in [0.1, 0.15) is 15.9 Å². The standard InChI is InChI=1S/C14H11FN4O2/c15-11-4-2-1-3-9(11)7-16-13(20)10-5-6-12-17-18-14(21)19(12)8-10/h1-6,8H,7H2,(H,16,20)(H,18,21). The Kier molecular flexibility index (Phi) is 3.23. The van der Waals surface area contributed by atoms with Crippen LogP contribution in [0.2, 0.25) is 0 Å². The third kappa shape index (κ3) is 2.53. The first-order chi connectivity index (χ1) is 10.1. The molecule has 2 heterocycles. The number of fused-ring (bicyclic) bond motifs is 1. The third-order valence-electron chi connectivity index (χ3n) is 3.07. The van der Waals surface area contributed by atoms with Crippen molar-refractivity contribution < 1.29 is 9.18 Å². The highest BCUT2D eigenvalue weighted by molar-refractivity contribution is 5.94. The van der Waals surface area contributed by atoms with Crippen molar-refractivity contribution in [1.29, 1.82) is 0 Å². The molecule has 6 nitrogen and oxygen atoms in total. The average molecular weight is 286 g/mol. The van der Waals surface area contributed by atoms with Gasteiger partial charge in [-0.15, -0.1) is 0 Å². The Bertz CT molecular complexity index is 869. The van der Waals surface area contributed by atoms with Gasteiger partial charge >= 0.3 is 5.69 Å². The van der Waals surface area contributed by atoms with Gasteiger partial charge in [-0.3, -0.25) is 4.79 Å². The van der Waals surface area contributed by atoms with Gasteiger partial charge in [-0.25, -0.2) is 18.7 Å². The van der Waals surface area contributed by atoms with E-state index in [1.54, 1.807) is 30.3 Å². The second kappa shape index (κ2) is 5.20.